The number of carbonyl (C=O) groups excluding carboxylic acids is 2. The summed E-state index contributed by atoms with van der Waals surface area (Å²) in [5.41, 5.74) is -1.25. The summed E-state index contributed by atoms with van der Waals surface area (Å²) < 4.78 is 48.1. The molecule has 0 aliphatic heterocycles. The van der Waals surface area contributed by atoms with Crippen LogP contribution in [-0.2, 0) is 30.5 Å². The molecule has 0 saturated heterocycles. The van der Waals surface area contributed by atoms with Crippen LogP contribution in [0.4, 0.5) is 13.2 Å². The highest BCUT2D eigenvalue weighted by molar-refractivity contribution is 6.43. The average molecular weight is 338 g/mol. The molecule has 0 aromatic heterocycles. The first-order valence-electron chi connectivity index (χ1n) is 7.14. The molecular weight excluding hydrogens is 323 g/mol. The molecule has 24 heavy (non-hydrogen) atoms. The first-order valence-corrected chi connectivity index (χ1v) is 7.14. The summed E-state index contributed by atoms with van der Waals surface area (Å²) in [6, 6.07) is 3.79. The number of carbonyl (C=O) groups is 2. The van der Waals surface area contributed by atoms with Crippen LogP contribution in [-0.4, -0.2) is 40.8 Å². The van der Waals surface area contributed by atoms with Gasteiger partial charge in [-0.05, 0) is 19.9 Å². The minimum atomic E-state index is -4.63. The third-order valence-electron chi connectivity index (χ3n) is 3.21. The van der Waals surface area contributed by atoms with Crippen LogP contribution < -0.4 is 0 Å². The van der Waals surface area contributed by atoms with Gasteiger partial charge in [0.05, 0.1) is 34.5 Å². The number of halogens is 3. The van der Waals surface area contributed by atoms with E-state index in [1.54, 1.807) is 0 Å². The third-order valence-corrected chi connectivity index (χ3v) is 3.21. The minimum Gasteiger partial charge on any atom is -0.465 e. The van der Waals surface area contributed by atoms with Crippen molar-refractivity contribution < 1.29 is 32.2 Å². The van der Waals surface area contributed by atoms with Gasteiger partial charge in [-0.1, -0.05) is 29.0 Å². The maximum absolute atomic E-state index is 12.9. The normalized spacial score (nSPS) is 12.1. The van der Waals surface area contributed by atoms with Crippen molar-refractivity contribution in [3.8, 4) is 0 Å². The number of hydrogen-bond donors (Lipinski definition) is 0. The van der Waals surface area contributed by atoms with Crippen molar-refractivity contribution in [1.29, 1.82) is 0 Å². The van der Waals surface area contributed by atoms with E-state index in [1.165, 1.54) is 19.9 Å². The van der Waals surface area contributed by atoms with Crippen LogP contribution in [0.25, 0.3) is 0 Å². The highest BCUT2D eigenvalue weighted by atomic mass is 19.4. The Balaban J connectivity index is 3.34. The second-order valence-electron chi connectivity index (χ2n) is 4.95. The monoisotopic (exact) mass is 338 g/mol. The molecule has 0 aliphatic carbocycles. The summed E-state index contributed by atoms with van der Waals surface area (Å²) in [6.45, 7) is 2.87. The van der Waals surface area contributed by atoms with Crippen molar-refractivity contribution >= 4 is 27.6 Å². The number of alkyl halides is 3. The number of rotatable bonds is 6. The van der Waals surface area contributed by atoms with E-state index in [9.17, 15) is 22.8 Å². The van der Waals surface area contributed by atoms with E-state index in [1.807, 2.05) is 0 Å². The van der Waals surface area contributed by atoms with Crippen molar-refractivity contribution in [3.05, 3.63) is 35.4 Å². The Kier molecular flexibility index (Phi) is 6.51. The fraction of sp³-hybridized carbons (Fsp3) is 0.467. The molecule has 0 spiro atoms. The molecule has 0 heterocycles. The average Bonchev–Trinajstić information content (AvgIpc) is 2.47. The predicted molar refractivity (Wildman–Crippen MR) is 81.4 cm³/mol. The molecule has 1 aromatic carbocycles. The van der Waals surface area contributed by atoms with E-state index < -0.39 is 34.8 Å². The van der Waals surface area contributed by atoms with Crippen LogP contribution in [0.15, 0.2) is 24.3 Å². The molecule has 0 atom stereocenters. The van der Waals surface area contributed by atoms with Crippen LogP contribution in [0, 0.1) is 5.92 Å². The molecule has 0 N–H and O–H groups in total. The van der Waals surface area contributed by atoms with Crippen molar-refractivity contribution in [1.82, 2.24) is 0 Å². The van der Waals surface area contributed by atoms with Gasteiger partial charge in [0, 0.05) is 0 Å². The Bertz CT molecular complexity index is 585. The van der Waals surface area contributed by atoms with Crippen LogP contribution in [0.5, 0.6) is 0 Å². The van der Waals surface area contributed by atoms with Gasteiger partial charge in [0.25, 0.3) is 0 Å². The van der Waals surface area contributed by atoms with E-state index in [0.717, 1.165) is 12.1 Å². The van der Waals surface area contributed by atoms with Crippen LogP contribution in [0.2, 0.25) is 0 Å². The van der Waals surface area contributed by atoms with Crippen LogP contribution in [0.1, 0.15) is 25.0 Å². The smallest absolute Gasteiger partial charge is 0.416 e. The van der Waals surface area contributed by atoms with E-state index in [4.69, 9.17) is 25.2 Å². The van der Waals surface area contributed by atoms with Gasteiger partial charge in [-0.15, -0.1) is 0 Å². The lowest BCUT2D eigenvalue weighted by molar-refractivity contribution is -0.162. The molecule has 4 radical (unpaired) electrons. The number of ether oxygens (including phenoxy) is 2. The third kappa shape index (κ3) is 4.55. The summed E-state index contributed by atoms with van der Waals surface area (Å²) in [5.74, 6) is -3.95. The zero-order chi connectivity index (χ0) is 18.5. The Morgan fingerprint density at radius 1 is 1.04 bits per heavy atom. The Morgan fingerprint density at radius 3 is 1.92 bits per heavy atom. The molecule has 0 amide bonds. The summed E-state index contributed by atoms with van der Waals surface area (Å²) in [7, 11) is 11.7. The van der Waals surface area contributed by atoms with Gasteiger partial charge < -0.3 is 9.47 Å². The fourth-order valence-electron chi connectivity index (χ4n) is 2.07. The highest BCUT2D eigenvalue weighted by Gasteiger charge is 2.44. The number of esters is 2. The van der Waals surface area contributed by atoms with Crippen molar-refractivity contribution in [2.45, 2.75) is 25.2 Å². The topological polar surface area (TPSA) is 52.6 Å². The molecule has 1 rings (SSSR count). The maximum Gasteiger partial charge on any atom is 0.416 e. The lowest BCUT2D eigenvalue weighted by atomic mass is 9.45. The van der Waals surface area contributed by atoms with Crippen molar-refractivity contribution in [2.24, 2.45) is 5.92 Å². The lowest BCUT2D eigenvalue weighted by Gasteiger charge is -2.33. The molecule has 0 fully saturated rings. The van der Waals surface area contributed by atoms with E-state index in [-0.39, 0.29) is 18.8 Å². The predicted octanol–water partition coefficient (Wildman–Crippen LogP) is 1.94. The molecule has 0 aliphatic rings. The van der Waals surface area contributed by atoms with Gasteiger partial charge in [-0.25, -0.2) is 0 Å². The van der Waals surface area contributed by atoms with Gasteiger partial charge in [-0.3, -0.25) is 9.59 Å². The molecule has 0 unspecified atom stereocenters. The summed E-state index contributed by atoms with van der Waals surface area (Å²) in [5, 5.41) is -2.24. The largest absolute Gasteiger partial charge is 0.465 e. The molecule has 1 aromatic rings. The van der Waals surface area contributed by atoms with E-state index >= 15 is 0 Å². The molecule has 126 valence electrons. The standard InChI is InChI=1S/C15H15B2F3O4/c1-3-23-12(21)11(13(22)24-4-2)14(16,17)9-6-5-7-10(8-9)15(18,19)20/h5-8,11H,3-4H2,1-2H3. The van der Waals surface area contributed by atoms with E-state index in [2.05, 4.69) is 0 Å². The van der Waals surface area contributed by atoms with E-state index in [0.29, 0.717) is 6.07 Å². The Hall–Kier alpha value is -1.92. The van der Waals surface area contributed by atoms with Crippen LogP contribution in [0.3, 0.4) is 0 Å². The maximum atomic E-state index is 12.9. The van der Waals surface area contributed by atoms with Gasteiger partial charge in [0.15, 0.2) is 0 Å². The number of hydrogen-bond acceptors (Lipinski definition) is 4. The first kappa shape index (κ1) is 20.1. The second kappa shape index (κ2) is 7.77. The Morgan fingerprint density at radius 2 is 1.50 bits per heavy atom. The molecule has 9 heteroatoms. The van der Waals surface area contributed by atoms with Gasteiger partial charge in [-0.2, -0.15) is 13.2 Å². The van der Waals surface area contributed by atoms with Gasteiger partial charge in [0.2, 0.25) is 0 Å². The second-order valence-corrected chi connectivity index (χ2v) is 4.95. The highest BCUT2D eigenvalue weighted by Crippen LogP contribution is 2.34. The zero-order valence-corrected chi connectivity index (χ0v) is 13.2. The SMILES string of the molecule is [B]C([B])(c1cccc(C(F)(F)F)c1)C(C(=O)OCC)C(=O)OCC. The summed E-state index contributed by atoms with van der Waals surface area (Å²) in [6.07, 6.45) is -4.63. The lowest BCUT2D eigenvalue weighted by Crippen LogP contribution is -2.47. The van der Waals surface area contributed by atoms with Crippen molar-refractivity contribution in [3.63, 3.8) is 0 Å². The first-order chi connectivity index (χ1) is 11.1. The number of benzene rings is 1. The molecular formula is C15H15B2F3O4. The van der Waals surface area contributed by atoms with Crippen LogP contribution >= 0.6 is 0 Å². The Labute approximate surface area is 140 Å². The summed E-state index contributed by atoms with van der Waals surface area (Å²) in [4.78, 5) is 24.1. The molecule has 0 saturated carbocycles. The summed E-state index contributed by atoms with van der Waals surface area (Å²) >= 11 is 0. The van der Waals surface area contributed by atoms with Crippen molar-refractivity contribution in [2.75, 3.05) is 13.2 Å². The fourth-order valence-corrected chi connectivity index (χ4v) is 2.07. The minimum absolute atomic E-state index is 0.0621. The zero-order valence-electron chi connectivity index (χ0n) is 13.2. The quantitative estimate of drug-likeness (QED) is 0.452. The van der Waals surface area contributed by atoms with Gasteiger partial charge in [0.1, 0.15) is 5.92 Å². The molecule has 4 nitrogen and oxygen atoms in total. The van der Waals surface area contributed by atoms with Gasteiger partial charge >= 0.3 is 18.1 Å². The molecule has 0 bridgehead atoms.